The van der Waals surface area contributed by atoms with Crippen molar-refractivity contribution in [3.63, 3.8) is 0 Å². The largest absolute Gasteiger partial charge is 0.396 e. The Kier molecular flexibility index (Phi) is 5.81. The Hall–Kier alpha value is -2.28. The van der Waals surface area contributed by atoms with Crippen molar-refractivity contribution in [1.82, 2.24) is 25.5 Å². The Labute approximate surface area is 135 Å². The van der Waals surface area contributed by atoms with Gasteiger partial charge in [0.1, 0.15) is 12.4 Å². The van der Waals surface area contributed by atoms with Crippen LogP contribution >= 0.6 is 0 Å². The molecule has 1 aromatic heterocycles. The van der Waals surface area contributed by atoms with E-state index < -0.39 is 6.04 Å². The van der Waals surface area contributed by atoms with E-state index in [1.54, 1.807) is 0 Å². The van der Waals surface area contributed by atoms with Crippen LogP contribution in [0.25, 0.3) is 0 Å². The average Bonchev–Trinajstić information content (AvgIpc) is 3.05. The zero-order chi connectivity index (χ0) is 16.7. The van der Waals surface area contributed by atoms with Crippen LogP contribution < -0.4 is 5.32 Å². The first-order valence-electron chi connectivity index (χ1n) is 7.67. The van der Waals surface area contributed by atoms with Gasteiger partial charge in [0, 0.05) is 19.6 Å². The van der Waals surface area contributed by atoms with Gasteiger partial charge in [-0.15, -0.1) is 5.10 Å². The predicted octanol–water partition coefficient (Wildman–Crippen LogP) is 0.982. The van der Waals surface area contributed by atoms with Gasteiger partial charge in [-0.05, 0) is 27.8 Å². The number of nitrogens with one attached hydrogen (secondary N) is 1. The minimum absolute atomic E-state index is 0.101. The van der Waals surface area contributed by atoms with Crippen molar-refractivity contribution in [1.29, 1.82) is 0 Å². The lowest BCUT2D eigenvalue weighted by Crippen LogP contribution is -2.39. The molecule has 0 aliphatic rings. The van der Waals surface area contributed by atoms with Crippen molar-refractivity contribution in [2.45, 2.75) is 32.7 Å². The predicted molar refractivity (Wildman–Crippen MR) is 85.5 cm³/mol. The molecule has 1 heterocycles. The molecule has 1 amide bonds. The van der Waals surface area contributed by atoms with E-state index >= 15 is 0 Å². The molecule has 1 aromatic carbocycles. The number of aliphatic hydroxyl groups excluding tert-OH is 1. The van der Waals surface area contributed by atoms with E-state index in [9.17, 15) is 4.79 Å². The van der Waals surface area contributed by atoms with Gasteiger partial charge >= 0.3 is 0 Å². The summed E-state index contributed by atoms with van der Waals surface area (Å²) in [5, 5.41) is 23.1. The molecule has 124 valence electrons. The summed E-state index contributed by atoms with van der Waals surface area (Å²) in [6, 6.07) is 9.26. The monoisotopic (exact) mass is 317 g/mol. The van der Waals surface area contributed by atoms with Gasteiger partial charge in [0.2, 0.25) is 5.91 Å². The van der Waals surface area contributed by atoms with Crippen LogP contribution in [0.2, 0.25) is 0 Å². The van der Waals surface area contributed by atoms with Gasteiger partial charge in [-0.2, -0.15) is 0 Å². The van der Waals surface area contributed by atoms with Gasteiger partial charge in [0.25, 0.3) is 0 Å². The van der Waals surface area contributed by atoms with Crippen molar-refractivity contribution in [3.05, 3.63) is 42.2 Å². The van der Waals surface area contributed by atoms with Crippen LogP contribution in [0.5, 0.6) is 0 Å². The molecule has 0 bridgehead atoms. The first-order valence-corrected chi connectivity index (χ1v) is 7.67. The number of rotatable bonds is 8. The normalized spacial score (nSPS) is 12.8. The molecule has 23 heavy (non-hydrogen) atoms. The fourth-order valence-corrected chi connectivity index (χ4v) is 2.29. The van der Waals surface area contributed by atoms with Gasteiger partial charge < -0.3 is 10.4 Å². The highest BCUT2D eigenvalue weighted by molar-refractivity contribution is 5.80. The minimum atomic E-state index is -0.502. The number of nitrogens with zero attached hydrogens (tertiary/aromatic N) is 4. The van der Waals surface area contributed by atoms with E-state index in [0.29, 0.717) is 19.4 Å². The SMILES string of the molecule is CC(C)(CCO)CNC(=O)C(Cc1ccccc1)n1cnnn1. The second kappa shape index (κ2) is 7.82. The van der Waals surface area contributed by atoms with Crippen molar-refractivity contribution in [2.75, 3.05) is 13.2 Å². The molecular weight excluding hydrogens is 294 g/mol. The Balaban J connectivity index is 2.07. The highest BCUT2D eigenvalue weighted by atomic mass is 16.3. The molecule has 7 heteroatoms. The standard InChI is InChI=1S/C16H23N5O2/c1-16(2,8-9-22)11-17-15(23)14(21-12-18-19-20-21)10-13-6-4-3-5-7-13/h3-7,12,14,22H,8-11H2,1-2H3,(H,17,23). The summed E-state index contributed by atoms with van der Waals surface area (Å²) in [6.45, 7) is 4.60. The van der Waals surface area contributed by atoms with Crippen LogP contribution in [0.3, 0.4) is 0 Å². The lowest BCUT2D eigenvalue weighted by atomic mass is 9.89. The van der Waals surface area contributed by atoms with E-state index in [1.165, 1.54) is 11.0 Å². The zero-order valence-electron chi connectivity index (χ0n) is 13.5. The van der Waals surface area contributed by atoms with Crippen molar-refractivity contribution >= 4 is 5.91 Å². The number of aromatic nitrogens is 4. The summed E-state index contributed by atoms with van der Waals surface area (Å²) in [7, 11) is 0. The van der Waals surface area contributed by atoms with Gasteiger partial charge in [0.15, 0.2) is 0 Å². The Bertz CT molecular complexity index is 598. The molecule has 0 radical (unpaired) electrons. The quantitative estimate of drug-likeness (QED) is 0.757. The first-order chi connectivity index (χ1) is 11.0. The highest BCUT2D eigenvalue weighted by Gasteiger charge is 2.25. The molecule has 0 spiro atoms. The van der Waals surface area contributed by atoms with Crippen LogP contribution in [0, 0.1) is 5.41 Å². The van der Waals surface area contributed by atoms with Crippen molar-refractivity contribution in [2.24, 2.45) is 5.41 Å². The molecule has 0 saturated heterocycles. The molecule has 0 aliphatic carbocycles. The Morgan fingerprint density at radius 3 is 2.70 bits per heavy atom. The number of benzene rings is 1. The molecule has 1 atom stereocenters. The number of carbonyl (C=O) groups is 1. The van der Waals surface area contributed by atoms with E-state index in [1.807, 2.05) is 44.2 Å². The number of carbonyl (C=O) groups excluding carboxylic acids is 1. The summed E-state index contributed by atoms with van der Waals surface area (Å²) in [4.78, 5) is 12.6. The van der Waals surface area contributed by atoms with E-state index in [0.717, 1.165) is 5.56 Å². The topological polar surface area (TPSA) is 92.9 Å². The third kappa shape index (κ3) is 5.14. The Morgan fingerprint density at radius 1 is 1.35 bits per heavy atom. The average molecular weight is 317 g/mol. The number of hydrogen-bond donors (Lipinski definition) is 2. The van der Waals surface area contributed by atoms with Crippen LogP contribution in [0.15, 0.2) is 36.7 Å². The summed E-state index contributed by atoms with van der Waals surface area (Å²) in [6.07, 6.45) is 2.59. The number of amides is 1. The van der Waals surface area contributed by atoms with Gasteiger partial charge in [0.05, 0.1) is 0 Å². The zero-order valence-corrected chi connectivity index (χ0v) is 13.5. The van der Waals surface area contributed by atoms with Gasteiger partial charge in [-0.1, -0.05) is 44.2 Å². The fourth-order valence-electron chi connectivity index (χ4n) is 2.29. The smallest absolute Gasteiger partial charge is 0.245 e. The number of tetrazole rings is 1. The Morgan fingerprint density at radius 2 is 2.09 bits per heavy atom. The van der Waals surface area contributed by atoms with Gasteiger partial charge in [-0.3, -0.25) is 4.79 Å². The summed E-state index contributed by atoms with van der Waals surface area (Å²) in [5.74, 6) is -0.132. The molecule has 7 nitrogen and oxygen atoms in total. The van der Waals surface area contributed by atoms with Gasteiger partial charge in [-0.25, -0.2) is 4.68 Å². The summed E-state index contributed by atoms with van der Waals surface area (Å²) >= 11 is 0. The molecule has 2 aromatic rings. The first kappa shape index (κ1) is 17.1. The summed E-state index contributed by atoms with van der Waals surface area (Å²) in [5.41, 5.74) is 0.875. The van der Waals surface area contributed by atoms with Crippen LogP contribution in [0.4, 0.5) is 0 Å². The molecule has 0 saturated carbocycles. The molecule has 2 rings (SSSR count). The van der Waals surface area contributed by atoms with Crippen molar-refractivity contribution < 1.29 is 9.90 Å². The fraction of sp³-hybridized carbons (Fsp3) is 0.500. The maximum absolute atomic E-state index is 12.6. The molecule has 2 N–H and O–H groups in total. The van der Waals surface area contributed by atoms with Crippen LogP contribution in [-0.2, 0) is 11.2 Å². The van der Waals surface area contributed by atoms with Crippen LogP contribution in [-0.4, -0.2) is 44.4 Å². The number of hydrogen-bond acceptors (Lipinski definition) is 5. The van der Waals surface area contributed by atoms with E-state index in [2.05, 4.69) is 20.8 Å². The maximum atomic E-state index is 12.6. The maximum Gasteiger partial charge on any atom is 0.245 e. The molecule has 0 fully saturated rings. The van der Waals surface area contributed by atoms with Crippen molar-refractivity contribution in [3.8, 4) is 0 Å². The molecule has 1 unspecified atom stereocenters. The lowest BCUT2D eigenvalue weighted by Gasteiger charge is -2.25. The lowest BCUT2D eigenvalue weighted by molar-refractivity contribution is -0.125. The summed E-state index contributed by atoms with van der Waals surface area (Å²) < 4.78 is 1.47. The minimum Gasteiger partial charge on any atom is -0.396 e. The third-order valence-corrected chi connectivity index (χ3v) is 3.79. The second-order valence-corrected chi connectivity index (χ2v) is 6.35. The second-order valence-electron chi connectivity index (χ2n) is 6.35. The third-order valence-electron chi connectivity index (χ3n) is 3.79. The van der Waals surface area contributed by atoms with E-state index in [-0.39, 0.29) is 17.9 Å². The number of aliphatic hydroxyl groups is 1. The molecule has 0 aliphatic heterocycles. The van der Waals surface area contributed by atoms with E-state index in [4.69, 9.17) is 5.11 Å². The van der Waals surface area contributed by atoms with Crippen LogP contribution in [0.1, 0.15) is 31.9 Å². The molecular formula is C16H23N5O2. The highest BCUT2D eigenvalue weighted by Crippen LogP contribution is 2.19.